The molecule has 0 aromatic heterocycles. The normalized spacial score (nSPS) is 15.3. The van der Waals surface area contributed by atoms with Crippen LogP contribution in [-0.2, 0) is 0 Å². The molecule has 0 amide bonds. The SMILES string of the molecule is F[B-](F)(F)C(F)(F)C(F)(F)F.[H+]. The van der Waals surface area contributed by atoms with Crippen molar-refractivity contribution in [2.24, 2.45) is 0 Å². The lowest BCUT2D eigenvalue weighted by Crippen LogP contribution is -2.53. The van der Waals surface area contributed by atoms with E-state index in [9.17, 15) is 34.9 Å². The minimum Gasteiger partial charge on any atom is -0.445 e. The molecule has 0 saturated carbocycles. The molecule has 11 heavy (non-hydrogen) atoms. The molecule has 0 saturated heterocycles. The van der Waals surface area contributed by atoms with Gasteiger partial charge in [0, 0.05) is 0 Å². The molecule has 9 heteroatoms. The minimum atomic E-state index is -7.21. The monoisotopic (exact) mass is 188 g/mol. The fraction of sp³-hybridized carbons (Fsp3) is 1.00. The van der Waals surface area contributed by atoms with Crippen molar-refractivity contribution in [2.45, 2.75) is 12.0 Å². The Morgan fingerprint density at radius 2 is 1.09 bits per heavy atom. The highest BCUT2D eigenvalue weighted by Gasteiger charge is 2.69. The molecule has 0 nitrogen and oxygen atoms in total. The Morgan fingerprint density at radius 3 is 1.09 bits per heavy atom. The van der Waals surface area contributed by atoms with Gasteiger partial charge in [0.1, 0.15) is 0 Å². The number of alkyl halides is 5. The summed E-state index contributed by atoms with van der Waals surface area (Å²) < 4.78 is 87.8. The molecule has 0 aromatic rings. The molecule has 68 valence electrons. The van der Waals surface area contributed by atoms with Gasteiger partial charge in [-0.1, -0.05) is 0 Å². The van der Waals surface area contributed by atoms with E-state index in [0.29, 0.717) is 0 Å². The van der Waals surface area contributed by atoms with Crippen molar-refractivity contribution in [3.05, 3.63) is 0 Å². The minimum absolute atomic E-state index is 0. The molecule has 0 aliphatic rings. The van der Waals surface area contributed by atoms with Crippen LogP contribution in [0.4, 0.5) is 34.9 Å². The highest BCUT2D eigenvalue weighted by molar-refractivity contribution is 6.61. The second-order valence-corrected chi connectivity index (χ2v) is 1.70. The van der Waals surface area contributed by atoms with Crippen molar-refractivity contribution in [2.75, 3.05) is 0 Å². The van der Waals surface area contributed by atoms with Crippen LogP contribution in [0.15, 0.2) is 0 Å². The van der Waals surface area contributed by atoms with Crippen molar-refractivity contribution in [3.63, 3.8) is 0 Å². The third kappa shape index (κ3) is 1.75. The van der Waals surface area contributed by atoms with E-state index in [1.807, 2.05) is 0 Å². The van der Waals surface area contributed by atoms with Crippen LogP contribution in [0.25, 0.3) is 0 Å². The van der Waals surface area contributed by atoms with Gasteiger partial charge in [-0.3, -0.25) is 0 Å². The smallest absolute Gasteiger partial charge is 0.445 e. The van der Waals surface area contributed by atoms with E-state index in [4.69, 9.17) is 0 Å². The molecule has 0 atom stereocenters. The van der Waals surface area contributed by atoms with Gasteiger partial charge in [0.25, 0.3) is 0 Å². The number of rotatable bonds is 1. The highest BCUT2D eigenvalue weighted by Crippen LogP contribution is 2.43. The zero-order chi connectivity index (χ0) is 9.50. The highest BCUT2D eigenvalue weighted by atomic mass is 19.4. The third-order valence-electron chi connectivity index (χ3n) is 0.789. The van der Waals surface area contributed by atoms with Crippen molar-refractivity contribution >= 4 is 6.98 Å². The summed E-state index contributed by atoms with van der Waals surface area (Å²) in [6, 6.07) is 0. The molecule has 0 aliphatic carbocycles. The Bertz CT molecular complexity index is 128. The molecule has 0 unspecified atom stereocenters. The average Bonchev–Trinajstić information content (AvgIpc) is 1.58. The Morgan fingerprint density at radius 1 is 0.818 bits per heavy atom. The molecule has 0 heterocycles. The van der Waals surface area contributed by atoms with Crippen LogP contribution in [0.1, 0.15) is 1.43 Å². The van der Waals surface area contributed by atoms with Crippen LogP contribution >= 0.6 is 0 Å². The zero-order valence-electron chi connectivity index (χ0n) is 5.60. The molecule has 0 bridgehead atoms. The first-order valence-corrected chi connectivity index (χ1v) is 2.14. The molecule has 0 spiro atoms. The molecule has 0 fully saturated rings. The zero-order valence-corrected chi connectivity index (χ0v) is 4.60. The van der Waals surface area contributed by atoms with E-state index in [1.54, 1.807) is 0 Å². The van der Waals surface area contributed by atoms with Gasteiger partial charge in [-0.2, -0.15) is 13.2 Å². The van der Waals surface area contributed by atoms with E-state index in [2.05, 4.69) is 0 Å². The summed E-state index contributed by atoms with van der Waals surface area (Å²) in [5, 5.41) is 0. The lowest BCUT2D eigenvalue weighted by atomic mass is 9.80. The summed E-state index contributed by atoms with van der Waals surface area (Å²) in [6.07, 6.45) is -6.55. The number of halogens is 8. The van der Waals surface area contributed by atoms with E-state index in [0.717, 1.165) is 0 Å². The fourth-order valence-corrected chi connectivity index (χ4v) is 0.186. The Kier molecular flexibility index (Phi) is 2.14. The van der Waals surface area contributed by atoms with Gasteiger partial charge >= 0.3 is 20.4 Å². The van der Waals surface area contributed by atoms with Gasteiger partial charge in [0.05, 0.1) is 0 Å². The fourth-order valence-electron chi connectivity index (χ4n) is 0.186. The van der Waals surface area contributed by atoms with Crippen molar-refractivity contribution < 1.29 is 36.3 Å². The molecular formula is C2HBF8. The van der Waals surface area contributed by atoms with E-state index >= 15 is 0 Å². The Labute approximate surface area is 56.7 Å². The quantitative estimate of drug-likeness (QED) is 0.438. The summed E-state index contributed by atoms with van der Waals surface area (Å²) in [5.41, 5.74) is 0. The maximum Gasteiger partial charge on any atom is 1.00 e. The summed E-state index contributed by atoms with van der Waals surface area (Å²) in [4.78, 5) is 0. The summed E-state index contributed by atoms with van der Waals surface area (Å²) in [6.45, 7) is -7.21. The first-order valence-electron chi connectivity index (χ1n) is 2.14. The van der Waals surface area contributed by atoms with Crippen molar-refractivity contribution in [3.8, 4) is 0 Å². The number of hydrogen-bond acceptors (Lipinski definition) is 0. The second-order valence-electron chi connectivity index (χ2n) is 1.70. The van der Waals surface area contributed by atoms with Gasteiger partial charge in [-0.25, -0.2) is 8.78 Å². The van der Waals surface area contributed by atoms with Crippen LogP contribution in [0, 0.1) is 0 Å². The van der Waals surface area contributed by atoms with Gasteiger partial charge < -0.3 is 12.9 Å². The standard InChI is InChI=1S/C2BF8/c4-1(5,2(6,7)8)3(9,10)11/q-1/p+1. The first-order chi connectivity index (χ1) is 4.50. The predicted molar refractivity (Wildman–Crippen MR) is 21.2 cm³/mol. The van der Waals surface area contributed by atoms with Gasteiger partial charge in [-0.15, -0.1) is 0 Å². The molecule has 0 aliphatic heterocycles. The van der Waals surface area contributed by atoms with E-state index in [1.165, 1.54) is 0 Å². The second kappa shape index (κ2) is 2.24. The van der Waals surface area contributed by atoms with Crippen molar-refractivity contribution in [1.29, 1.82) is 0 Å². The van der Waals surface area contributed by atoms with Gasteiger partial charge in [-0.05, 0) is 0 Å². The molecule has 0 aromatic carbocycles. The Balaban J connectivity index is 0. The number of hydrogen-bond donors (Lipinski definition) is 0. The van der Waals surface area contributed by atoms with Crippen LogP contribution < -0.4 is 0 Å². The van der Waals surface area contributed by atoms with Crippen LogP contribution in [0.3, 0.4) is 0 Å². The summed E-state index contributed by atoms with van der Waals surface area (Å²) in [5.74, 6) is -6.56. The van der Waals surface area contributed by atoms with E-state index < -0.39 is 19.0 Å². The first kappa shape index (κ1) is 10.5. The van der Waals surface area contributed by atoms with Crippen LogP contribution in [0.2, 0.25) is 0 Å². The third-order valence-corrected chi connectivity index (χ3v) is 0.789. The summed E-state index contributed by atoms with van der Waals surface area (Å²) >= 11 is 0. The topological polar surface area (TPSA) is 0 Å². The molecule has 0 rings (SSSR count). The average molecular weight is 188 g/mol. The lowest BCUT2D eigenvalue weighted by Gasteiger charge is -2.28. The van der Waals surface area contributed by atoms with Gasteiger partial charge in [0.15, 0.2) is 0 Å². The molecule has 0 radical (unpaired) electrons. The maximum absolute atomic E-state index is 11.2. The van der Waals surface area contributed by atoms with Gasteiger partial charge in [0.2, 0.25) is 0 Å². The largest absolute Gasteiger partial charge is 1.00 e. The lowest BCUT2D eigenvalue weighted by molar-refractivity contribution is -0.256. The van der Waals surface area contributed by atoms with E-state index in [-0.39, 0.29) is 1.43 Å². The Hall–Kier alpha value is -0.495. The van der Waals surface area contributed by atoms with Crippen LogP contribution in [-0.4, -0.2) is 19.0 Å². The maximum atomic E-state index is 11.2. The van der Waals surface area contributed by atoms with Crippen LogP contribution in [0.5, 0.6) is 0 Å². The molecular weight excluding hydrogens is 187 g/mol. The van der Waals surface area contributed by atoms with Crippen molar-refractivity contribution in [1.82, 2.24) is 0 Å². The summed E-state index contributed by atoms with van der Waals surface area (Å²) in [7, 11) is 0. The predicted octanol–water partition coefficient (Wildman–Crippen LogP) is 2.68. The molecule has 0 N–H and O–H groups in total.